The molecule has 0 aliphatic carbocycles. The minimum Gasteiger partial charge on any atom is -0.481 e. The Hall–Kier alpha value is -0.940. The number of benzene rings is 1. The first-order valence-electron chi connectivity index (χ1n) is 4.41. The third-order valence-corrected chi connectivity index (χ3v) is 2.73. The van der Waals surface area contributed by atoms with Gasteiger partial charge in [-0.1, -0.05) is 6.07 Å². The number of nitrogens with two attached hydrogens (primary N) is 1. The lowest BCUT2D eigenvalue weighted by Gasteiger charge is -2.13. The highest BCUT2D eigenvalue weighted by molar-refractivity contribution is 9.10. The summed E-state index contributed by atoms with van der Waals surface area (Å²) >= 11 is 3.05. The fourth-order valence-corrected chi connectivity index (χ4v) is 1.71. The van der Waals surface area contributed by atoms with E-state index in [-0.39, 0.29) is 24.7 Å². The van der Waals surface area contributed by atoms with Crippen LogP contribution in [0.15, 0.2) is 22.7 Å². The standard InChI is InChI=1S/C10H11BrFNO2/c11-8-3-6(1-2-9(8)12)7(5-13)4-10(14)15/h1-3,7H,4-5,13H2,(H,14,15). The van der Waals surface area contributed by atoms with Gasteiger partial charge in [-0.2, -0.15) is 0 Å². The normalized spacial score (nSPS) is 12.5. The minimum absolute atomic E-state index is 0.0471. The van der Waals surface area contributed by atoms with Crippen LogP contribution in [0.1, 0.15) is 17.9 Å². The molecule has 0 aliphatic heterocycles. The fourth-order valence-electron chi connectivity index (χ4n) is 1.31. The molecule has 0 fully saturated rings. The first-order chi connectivity index (χ1) is 7.04. The molecule has 5 heteroatoms. The van der Waals surface area contributed by atoms with Crippen molar-refractivity contribution in [1.29, 1.82) is 0 Å². The van der Waals surface area contributed by atoms with Gasteiger partial charge in [0.15, 0.2) is 0 Å². The second kappa shape index (κ2) is 5.23. The second-order valence-electron chi connectivity index (χ2n) is 3.20. The van der Waals surface area contributed by atoms with E-state index in [4.69, 9.17) is 10.8 Å². The highest BCUT2D eigenvalue weighted by Gasteiger charge is 2.14. The van der Waals surface area contributed by atoms with Gasteiger partial charge in [-0.15, -0.1) is 0 Å². The van der Waals surface area contributed by atoms with Gasteiger partial charge >= 0.3 is 5.97 Å². The molecule has 0 aromatic heterocycles. The van der Waals surface area contributed by atoms with Crippen LogP contribution < -0.4 is 5.73 Å². The Morgan fingerprint density at radius 3 is 2.73 bits per heavy atom. The maximum Gasteiger partial charge on any atom is 0.304 e. The highest BCUT2D eigenvalue weighted by atomic mass is 79.9. The molecule has 0 aliphatic rings. The monoisotopic (exact) mass is 275 g/mol. The van der Waals surface area contributed by atoms with E-state index in [0.29, 0.717) is 4.47 Å². The van der Waals surface area contributed by atoms with Crippen LogP contribution in [0.3, 0.4) is 0 Å². The van der Waals surface area contributed by atoms with Crippen molar-refractivity contribution in [1.82, 2.24) is 0 Å². The minimum atomic E-state index is -0.911. The molecule has 1 rings (SSSR count). The van der Waals surface area contributed by atoms with Gasteiger partial charge in [0, 0.05) is 5.92 Å². The van der Waals surface area contributed by atoms with Crippen LogP contribution in [0.2, 0.25) is 0 Å². The number of hydrogen-bond acceptors (Lipinski definition) is 2. The average Bonchev–Trinajstić information content (AvgIpc) is 2.18. The van der Waals surface area contributed by atoms with Gasteiger partial charge < -0.3 is 10.8 Å². The number of carboxylic acids is 1. The van der Waals surface area contributed by atoms with Gasteiger partial charge in [0.05, 0.1) is 10.9 Å². The van der Waals surface area contributed by atoms with E-state index >= 15 is 0 Å². The number of rotatable bonds is 4. The lowest BCUT2D eigenvalue weighted by Crippen LogP contribution is -2.16. The maximum absolute atomic E-state index is 12.9. The average molecular weight is 276 g/mol. The lowest BCUT2D eigenvalue weighted by molar-refractivity contribution is -0.137. The largest absolute Gasteiger partial charge is 0.481 e. The van der Waals surface area contributed by atoms with Gasteiger partial charge in [-0.25, -0.2) is 4.39 Å². The Balaban J connectivity index is 2.92. The topological polar surface area (TPSA) is 63.3 Å². The van der Waals surface area contributed by atoms with Crippen LogP contribution >= 0.6 is 15.9 Å². The molecule has 3 nitrogen and oxygen atoms in total. The van der Waals surface area contributed by atoms with Crippen LogP contribution in [-0.4, -0.2) is 17.6 Å². The Kier molecular flexibility index (Phi) is 4.23. The smallest absolute Gasteiger partial charge is 0.304 e. The van der Waals surface area contributed by atoms with Gasteiger partial charge in [0.25, 0.3) is 0 Å². The maximum atomic E-state index is 12.9. The van der Waals surface area contributed by atoms with E-state index in [1.165, 1.54) is 6.07 Å². The molecule has 0 saturated carbocycles. The first kappa shape index (κ1) is 12.1. The van der Waals surface area contributed by atoms with E-state index in [0.717, 1.165) is 5.56 Å². The zero-order chi connectivity index (χ0) is 11.4. The summed E-state index contributed by atoms with van der Waals surface area (Å²) in [4.78, 5) is 10.6. The molecule has 1 atom stereocenters. The summed E-state index contributed by atoms with van der Waals surface area (Å²) in [6.45, 7) is 0.227. The SMILES string of the molecule is NCC(CC(=O)O)c1ccc(F)c(Br)c1. The van der Waals surface area contributed by atoms with Crippen molar-refractivity contribution >= 4 is 21.9 Å². The Labute approximate surface area is 95.2 Å². The molecule has 0 heterocycles. The number of hydrogen-bond donors (Lipinski definition) is 2. The summed E-state index contributed by atoms with van der Waals surface area (Å²) in [7, 11) is 0. The molecule has 15 heavy (non-hydrogen) atoms. The fraction of sp³-hybridized carbons (Fsp3) is 0.300. The van der Waals surface area contributed by atoms with Crippen LogP contribution in [0.25, 0.3) is 0 Å². The molecule has 0 amide bonds. The number of carbonyl (C=O) groups is 1. The van der Waals surface area contributed by atoms with Gasteiger partial charge in [0.1, 0.15) is 5.82 Å². The number of halogens is 2. The van der Waals surface area contributed by atoms with Gasteiger partial charge in [-0.3, -0.25) is 4.79 Å². The van der Waals surface area contributed by atoms with Crippen LogP contribution in [0, 0.1) is 5.82 Å². The van der Waals surface area contributed by atoms with E-state index in [1.807, 2.05) is 0 Å². The summed E-state index contributed by atoms with van der Waals surface area (Å²) < 4.78 is 13.3. The molecule has 1 aromatic carbocycles. The van der Waals surface area contributed by atoms with E-state index in [2.05, 4.69) is 15.9 Å². The van der Waals surface area contributed by atoms with Crippen molar-refractivity contribution in [2.24, 2.45) is 5.73 Å². The molecule has 0 radical (unpaired) electrons. The van der Waals surface area contributed by atoms with Crippen molar-refractivity contribution in [2.45, 2.75) is 12.3 Å². The summed E-state index contributed by atoms with van der Waals surface area (Å²) in [5.74, 6) is -1.56. The quantitative estimate of drug-likeness (QED) is 0.885. The molecular weight excluding hydrogens is 265 g/mol. The third kappa shape index (κ3) is 3.28. The summed E-state index contributed by atoms with van der Waals surface area (Å²) in [5, 5.41) is 8.66. The molecule has 1 aromatic rings. The van der Waals surface area contributed by atoms with Crippen molar-refractivity contribution in [3.8, 4) is 0 Å². The highest BCUT2D eigenvalue weighted by Crippen LogP contribution is 2.24. The third-order valence-electron chi connectivity index (χ3n) is 2.12. The second-order valence-corrected chi connectivity index (χ2v) is 4.06. The van der Waals surface area contributed by atoms with E-state index in [9.17, 15) is 9.18 Å². The molecular formula is C10H11BrFNO2. The molecule has 0 spiro atoms. The van der Waals surface area contributed by atoms with Gasteiger partial charge in [-0.05, 0) is 40.2 Å². The number of carboxylic acid groups (broad SMARTS) is 1. The summed E-state index contributed by atoms with van der Waals surface area (Å²) in [6.07, 6.45) is -0.0471. The van der Waals surface area contributed by atoms with Gasteiger partial charge in [0.2, 0.25) is 0 Å². The van der Waals surface area contributed by atoms with Crippen molar-refractivity contribution in [2.75, 3.05) is 6.54 Å². The Bertz CT molecular complexity index is 370. The van der Waals surface area contributed by atoms with E-state index < -0.39 is 5.97 Å². The summed E-state index contributed by atoms with van der Waals surface area (Å²) in [6, 6.07) is 4.42. The first-order valence-corrected chi connectivity index (χ1v) is 5.20. The van der Waals surface area contributed by atoms with E-state index in [1.54, 1.807) is 12.1 Å². The van der Waals surface area contributed by atoms with Crippen LogP contribution in [0.5, 0.6) is 0 Å². The summed E-state index contributed by atoms with van der Waals surface area (Å²) in [5.41, 5.74) is 6.20. The van der Waals surface area contributed by atoms with Crippen molar-refractivity contribution in [3.05, 3.63) is 34.1 Å². The van der Waals surface area contributed by atoms with Crippen molar-refractivity contribution < 1.29 is 14.3 Å². The predicted molar refractivity (Wildman–Crippen MR) is 58.1 cm³/mol. The predicted octanol–water partition coefficient (Wildman–Crippen LogP) is 2.11. The lowest BCUT2D eigenvalue weighted by atomic mass is 9.96. The molecule has 3 N–H and O–H groups in total. The molecule has 0 saturated heterocycles. The molecule has 82 valence electrons. The van der Waals surface area contributed by atoms with Crippen LogP contribution in [0.4, 0.5) is 4.39 Å². The Morgan fingerprint density at radius 1 is 1.60 bits per heavy atom. The zero-order valence-corrected chi connectivity index (χ0v) is 9.50. The molecule has 1 unspecified atom stereocenters. The van der Waals surface area contributed by atoms with Crippen LogP contribution in [-0.2, 0) is 4.79 Å². The Morgan fingerprint density at radius 2 is 2.27 bits per heavy atom. The zero-order valence-electron chi connectivity index (χ0n) is 7.91. The number of aliphatic carboxylic acids is 1. The van der Waals surface area contributed by atoms with Crippen molar-refractivity contribution in [3.63, 3.8) is 0 Å². The molecule has 0 bridgehead atoms.